The van der Waals surface area contributed by atoms with E-state index in [4.69, 9.17) is 5.73 Å². The summed E-state index contributed by atoms with van der Waals surface area (Å²) in [5.74, 6) is 0.434. The minimum absolute atomic E-state index is 0.0365. The Labute approximate surface area is 122 Å². The molecule has 1 aromatic heterocycles. The van der Waals surface area contributed by atoms with Crippen molar-refractivity contribution in [3.8, 4) is 0 Å². The number of rotatable bonds is 3. The average molecular weight is 287 g/mol. The molecule has 0 saturated heterocycles. The van der Waals surface area contributed by atoms with Crippen LogP contribution in [-0.2, 0) is 6.42 Å². The summed E-state index contributed by atoms with van der Waals surface area (Å²) in [5.41, 5.74) is 9.43. The second-order valence-electron chi connectivity index (χ2n) is 5.43. The zero-order valence-corrected chi connectivity index (χ0v) is 12.1. The predicted octanol–water partition coefficient (Wildman–Crippen LogP) is 2.89. The summed E-state index contributed by atoms with van der Waals surface area (Å²) in [6, 6.07) is 6.57. The lowest BCUT2D eigenvalue weighted by atomic mass is 10.1. The Kier molecular flexibility index (Phi) is 3.45. The minimum atomic E-state index is -1.27. The molecule has 3 rings (SSSR count). The van der Waals surface area contributed by atoms with Crippen LogP contribution in [0.2, 0.25) is 0 Å². The van der Waals surface area contributed by atoms with Crippen molar-refractivity contribution in [3.63, 3.8) is 0 Å². The zero-order chi connectivity index (χ0) is 15.0. The van der Waals surface area contributed by atoms with E-state index in [1.54, 1.807) is 0 Å². The first kappa shape index (κ1) is 13.7. The van der Waals surface area contributed by atoms with E-state index in [9.17, 15) is 4.39 Å². The van der Waals surface area contributed by atoms with Gasteiger partial charge in [0.1, 0.15) is 0 Å². The number of benzene rings is 1. The molecule has 1 aliphatic rings. The molecular formula is C15H18FN5. The van der Waals surface area contributed by atoms with Crippen LogP contribution < -0.4 is 11.1 Å². The molecule has 0 spiro atoms. The second kappa shape index (κ2) is 5.27. The monoisotopic (exact) mass is 287 g/mol. The first-order valence-electron chi connectivity index (χ1n) is 7.04. The number of fused-ring (bicyclic) bond motifs is 1. The van der Waals surface area contributed by atoms with Crippen LogP contribution in [0.3, 0.4) is 0 Å². The van der Waals surface area contributed by atoms with Crippen molar-refractivity contribution in [3.05, 3.63) is 40.7 Å². The van der Waals surface area contributed by atoms with E-state index in [1.807, 2.05) is 0 Å². The molecule has 1 heterocycles. The Morgan fingerprint density at radius 3 is 2.90 bits per heavy atom. The van der Waals surface area contributed by atoms with Crippen molar-refractivity contribution in [2.24, 2.45) is 0 Å². The van der Waals surface area contributed by atoms with Gasteiger partial charge >= 0.3 is 0 Å². The molecule has 1 aliphatic carbocycles. The van der Waals surface area contributed by atoms with Crippen LogP contribution in [-0.4, -0.2) is 15.0 Å². The lowest BCUT2D eigenvalue weighted by Gasteiger charge is -2.15. The Balaban J connectivity index is 1.87. The molecule has 3 N–H and O–H groups in total. The van der Waals surface area contributed by atoms with Crippen LogP contribution in [0.1, 0.15) is 48.1 Å². The highest BCUT2D eigenvalue weighted by atomic mass is 19.1. The summed E-state index contributed by atoms with van der Waals surface area (Å²) in [6.45, 7) is 3.45. The smallest absolute Gasteiger partial charge is 0.228 e. The van der Waals surface area contributed by atoms with Crippen molar-refractivity contribution in [1.29, 1.82) is 0 Å². The van der Waals surface area contributed by atoms with Crippen LogP contribution in [0.15, 0.2) is 18.2 Å². The summed E-state index contributed by atoms with van der Waals surface area (Å²) >= 11 is 0. The van der Waals surface area contributed by atoms with Crippen LogP contribution >= 0.6 is 0 Å². The quantitative estimate of drug-likeness (QED) is 0.907. The number of nitrogens with zero attached hydrogens (tertiary/aromatic N) is 3. The lowest BCUT2D eigenvalue weighted by Crippen LogP contribution is -2.13. The van der Waals surface area contributed by atoms with Gasteiger partial charge in [0, 0.05) is 0 Å². The molecule has 0 aliphatic heterocycles. The number of alkyl halides is 1. The highest BCUT2D eigenvalue weighted by molar-refractivity contribution is 5.43. The fourth-order valence-electron chi connectivity index (χ4n) is 2.68. The topological polar surface area (TPSA) is 76.7 Å². The van der Waals surface area contributed by atoms with Crippen LogP contribution in [0.25, 0.3) is 0 Å². The molecule has 2 aromatic rings. The fourth-order valence-corrected chi connectivity index (χ4v) is 2.68. The molecule has 0 saturated carbocycles. The first-order valence-corrected chi connectivity index (χ1v) is 7.04. The third-order valence-electron chi connectivity index (χ3n) is 3.71. The summed E-state index contributed by atoms with van der Waals surface area (Å²) in [7, 11) is 0. The van der Waals surface area contributed by atoms with Gasteiger partial charge in [-0.25, -0.2) is 4.39 Å². The molecule has 2 atom stereocenters. The van der Waals surface area contributed by atoms with Gasteiger partial charge < -0.3 is 11.1 Å². The summed E-state index contributed by atoms with van der Waals surface area (Å²) < 4.78 is 13.4. The predicted molar refractivity (Wildman–Crippen MR) is 79.6 cm³/mol. The largest absolute Gasteiger partial charge is 0.368 e. The number of anilines is 2. The van der Waals surface area contributed by atoms with Gasteiger partial charge in [-0.3, -0.25) is 0 Å². The number of hydrogen-bond donors (Lipinski definition) is 2. The molecule has 0 amide bonds. The Hall–Kier alpha value is -2.24. The van der Waals surface area contributed by atoms with E-state index >= 15 is 0 Å². The molecule has 0 fully saturated rings. The van der Waals surface area contributed by atoms with Gasteiger partial charge in [0.25, 0.3) is 0 Å². The van der Waals surface area contributed by atoms with E-state index in [1.165, 1.54) is 23.6 Å². The summed E-state index contributed by atoms with van der Waals surface area (Å²) in [5, 5.41) is 3.25. The zero-order valence-electron chi connectivity index (χ0n) is 12.1. The maximum absolute atomic E-state index is 13.4. The number of nitrogen functional groups attached to an aromatic ring is 1. The van der Waals surface area contributed by atoms with Crippen molar-refractivity contribution in [2.45, 2.75) is 38.9 Å². The molecule has 1 unspecified atom stereocenters. The number of nitrogens with two attached hydrogens (primary N) is 1. The van der Waals surface area contributed by atoms with Crippen molar-refractivity contribution >= 4 is 11.9 Å². The third-order valence-corrected chi connectivity index (χ3v) is 3.71. The van der Waals surface area contributed by atoms with Crippen molar-refractivity contribution in [1.82, 2.24) is 15.0 Å². The number of aryl methyl sites for hydroxylation is 2. The van der Waals surface area contributed by atoms with Crippen LogP contribution in [0, 0.1) is 6.92 Å². The van der Waals surface area contributed by atoms with Crippen molar-refractivity contribution < 1.29 is 4.39 Å². The molecule has 110 valence electrons. The van der Waals surface area contributed by atoms with E-state index < -0.39 is 6.17 Å². The minimum Gasteiger partial charge on any atom is -0.368 e. The third kappa shape index (κ3) is 2.79. The lowest BCUT2D eigenvalue weighted by molar-refractivity contribution is 0.356. The van der Waals surface area contributed by atoms with Gasteiger partial charge in [0.2, 0.25) is 11.9 Å². The van der Waals surface area contributed by atoms with Gasteiger partial charge in [0.05, 0.1) is 6.04 Å². The number of halogens is 1. The van der Waals surface area contributed by atoms with Gasteiger partial charge in [0.15, 0.2) is 12.0 Å². The molecular weight excluding hydrogens is 269 g/mol. The standard InChI is InChI=1S/C15H18FN5/c1-8-3-4-10-5-6-12(11(10)7-8)18-15-20-13(9(2)16)19-14(17)21-15/h3-4,7,9,12H,5-6H2,1-2H3,(H3,17,18,19,20,21)/t9-,12?/m0/s1. The van der Waals surface area contributed by atoms with Crippen LogP contribution in [0.4, 0.5) is 16.3 Å². The summed E-state index contributed by atoms with van der Waals surface area (Å²) in [4.78, 5) is 12.0. The number of hydrogen-bond acceptors (Lipinski definition) is 5. The van der Waals surface area contributed by atoms with E-state index in [0.717, 1.165) is 12.8 Å². The Morgan fingerprint density at radius 2 is 2.14 bits per heavy atom. The maximum atomic E-state index is 13.4. The SMILES string of the molecule is Cc1ccc2c(c1)C(Nc1nc(N)nc([C@H](C)F)n1)CC2. The Morgan fingerprint density at radius 1 is 1.33 bits per heavy atom. The molecule has 5 nitrogen and oxygen atoms in total. The highest BCUT2D eigenvalue weighted by Gasteiger charge is 2.23. The number of nitrogens with one attached hydrogen (secondary N) is 1. The normalized spacial score (nSPS) is 18.3. The van der Waals surface area contributed by atoms with E-state index in [0.29, 0.717) is 5.95 Å². The van der Waals surface area contributed by atoms with E-state index in [-0.39, 0.29) is 17.8 Å². The molecule has 21 heavy (non-hydrogen) atoms. The first-order chi connectivity index (χ1) is 10.0. The maximum Gasteiger partial charge on any atom is 0.228 e. The number of aromatic nitrogens is 3. The van der Waals surface area contributed by atoms with E-state index in [2.05, 4.69) is 45.4 Å². The summed E-state index contributed by atoms with van der Waals surface area (Å²) in [6.07, 6.45) is 0.708. The van der Waals surface area contributed by atoms with Gasteiger partial charge in [-0.2, -0.15) is 15.0 Å². The molecule has 1 aromatic carbocycles. The highest BCUT2D eigenvalue weighted by Crippen LogP contribution is 2.33. The van der Waals surface area contributed by atoms with Crippen molar-refractivity contribution in [2.75, 3.05) is 11.1 Å². The van der Waals surface area contributed by atoms with Gasteiger partial charge in [-0.05, 0) is 37.8 Å². The van der Waals surface area contributed by atoms with Gasteiger partial charge in [-0.1, -0.05) is 23.8 Å². The van der Waals surface area contributed by atoms with Gasteiger partial charge in [-0.15, -0.1) is 0 Å². The molecule has 0 bridgehead atoms. The van der Waals surface area contributed by atoms with Crippen LogP contribution in [0.5, 0.6) is 0 Å². The fraction of sp³-hybridized carbons (Fsp3) is 0.400. The molecule has 0 radical (unpaired) electrons. The second-order valence-corrected chi connectivity index (χ2v) is 5.43. The molecule has 6 heteroatoms. The average Bonchev–Trinajstić information content (AvgIpc) is 2.80. The Bertz CT molecular complexity index is 671.